The first kappa shape index (κ1) is 13.0. The molecule has 2 unspecified atom stereocenters. The number of piperidine rings is 1. The maximum Gasteiger partial charge on any atom is 0.336 e. The summed E-state index contributed by atoms with van der Waals surface area (Å²) >= 11 is 1.46. The minimum absolute atomic E-state index is 0.143. The number of hydrogen-bond acceptors (Lipinski definition) is 4. The van der Waals surface area contributed by atoms with E-state index in [1.165, 1.54) is 11.3 Å². The number of carboxylic acids is 2. The Morgan fingerprint density at radius 3 is 2.72 bits per heavy atom. The summed E-state index contributed by atoms with van der Waals surface area (Å²) in [5.41, 5.74) is 0.334. The first-order valence-electron chi connectivity index (χ1n) is 5.79. The highest BCUT2D eigenvalue weighted by molar-refractivity contribution is 7.12. The second-order valence-corrected chi connectivity index (χ2v) is 5.78. The van der Waals surface area contributed by atoms with E-state index in [2.05, 4.69) is 5.32 Å². The Morgan fingerprint density at radius 1 is 1.44 bits per heavy atom. The zero-order valence-electron chi connectivity index (χ0n) is 9.97. The molecule has 1 aliphatic heterocycles. The van der Waals surface area contributed by atoms with E-state index in [-0.39, 0.29) is 5.92 Å². The Bertz CT molecular complexity index is 482. The van der Waals surface area contributed by atoms with E-state index in [9.17, 15) is 9.59 Å². The Labute approximate surface area is 108 Å². The smallest absolute Gasteiger partial charge is 0.336 e. The number of aryl methyl sites for hydroxylation is 1. The van der Waals surface area contributed by atoms with E-state index >= 15 is 0 Å². The second-order valence-electron chi connectivity index (χ2n) is 4.49. The third kappa shape index (κ3) is 2.54. The predicted octanol–water partition coefficient (Wildman–Crippen LogP) is 1.67. The molecule has 1 aromatic heterocycles. The largest absolute Gasteiger partial charge is 0.480 e. The highest BCUT2D eigenvalue weighted by Gasteiger charge is 2.29. The van der Waals surface area contributed by atoms with Gasteiger partial charge in [0.2, 0.25) is 0 Å². The van der Waals surface area contributed by atoms with Crippen molar-refractivity contribution in [3.63, 3.8) is 0 Å². The first-order valence-corrected chi connectivity index (χ1v) is 6.60. The van der Waals surface area contributed by atoms with E-state index in [1.807, 2.05) is 0 Å². The lowest BCUT2D eigenvalue weighted by atomic mass is 9.91. The zero-order valence-corrected chi connectivity index (χ0v) is 10.8. The Balaban J connectivity index is 2.18. The van der Waals surface area contributed by atoms with Crippen molar-refractivity contribution in [1.82, 2.24) is 5.32 Å². The van der Waals surface area contributed by atoms with Gasteiger partial charge in [-0.2, -0.15) is 0 Å². The van der Waals surface area contributed by atoms with Crippen LogP contribution < -0.4 is 5.32 Å². The van der Waals surface area contributed by atoms with Crippen LogP contribution in [0, 0.1) is 6.92 Å². The minimum Gasteiger partial charge on any atom is -0.480 e. The van der Waals surface area contributed by atoms with Gasteiger partial charge in [0.1, 0.15) is 6.04 Å². The van der Waals surface area contributed by atoms with E-state index in [1.54, 1.807) is 13.0 Å². The van der Waals surface area contributed by atoms with E-state index in [0.717, 1.165) is 16.2 Å². The van der Waals surface area contributed by atoms with Gasteiger partial charge in [-0.25, -0.2) is 4.79 Å². The van der Waals surface area contributed by atoms with E-state index in [0.29, 0.717) is 18.5 Å². The third-order valence-corrected chi connectivity index (χ3v) is 4.48. The molecule has 18 heavy (non-hydrogen) atoms. The molecule has 98 valence electrons. The van der Waals surface area contributed by atoms with Gasteiger partial charge in [0.25, 0.3) is 0 Å². The van der Waals surface area contributed by atoms with Crippen LogP contribution in [0.5, 0.6) is 0 Å². The minimum atomic E-state index is -0.918. The van der Waals surface area contributed by atoms with Gasteiger partial charge < -0.3 is 15.5 Å². The van der Waals surface area contributed by atoms with Crippen molar-refractivity contribution in [1.29, 1.82) is 0 Å². The number of thiophene rings is 1. The first-order chi connectivity index (χ1) is 8.49. The monoisotopic (exact) mass is 269 g/mol. The molecular weight excluding hydrogens is 254 g/mol. The molecule has 3 N–H and O–H groups in total. The van der Waals surface area contributed by atoms with Crippen LogP contribution in [0.3, 0.4) is 0 Å². The molecule has 0 bridgehead atoms. The fourth-order valence-corrected chi connectivity index (χ4v) is 3.45. The SMILES string of the molecule is Cc1sc(C2CCNC(C(=O)O)C2)cc1C(=O)O. The summed E-state index contributed by atoms with van der Waals surface area (Å²) in [6.45, 7) is 2.44. The van der Waals surface area contributed by atoms with Gasteiger partial charge in [-0.3, -0.25) is 4.79 Å². The van der Waals surface area contributed by atoms with Crippen LogP contribution in [-0.4, -0.2) is 34.7 Å². The number of aliphatic carboxylic acids is 1. The molecule has 1 aliphatic rings. The van der Waals surface area contributed by atoms with Gasteiger partial charge >= 0.3 is 11.9 Å². The Hall–Kier alpha value is -1.40. The fraction of sp³-hybridized carbons (Fsp3) is 0.500. The number of nitrogens with one attached hydrogen (secondary N) is 1. The third-order valence-electron chi connectivity index (χ3n) is 3.27. The van der Waals surface area contributed by atoms with Crippen molar-refractivity contribution in [3.05, 3.63) is 21.4 Å². The van der Waals surface area contributed by atoms with Crippen molar-refractivity contribution in [3.8, 4) is 0 Å². The van der Waals surface area contributed by atoms with E-state index < -0.39 is 18.0 Å². The highest BCUT2D eigenvalue weighted by Crippen LogP contribution is 2.34. The van der Waals surface area contributed by atoms with Crippen LogP contribution in [-0.2, 0) is 4.79 Å². The molecule has 5 nitrogen and oxygen atoms in total. The lowest BCUT2D eigenvalue weighted by molar-refractivity contribution is -0.140. The van der Waals surface area contributed by atoms with Crippen LogP contribution in [0.15, 0.2) is 6.07 Å². The standard InChI is InChI=1S/C12H15NO4S/c1-6-8(11(14)15)5-10(18-6)7-2-3-13-9(4-7)12(16)17/h5,7,9,13H,2-4H2,1H3,(H,14,15)(H,16,17). The average Bonchev–Trinajstić information content (AvgIpc) is 2.71. The maximum absolute atomic E-state index is 11.0. The van der Waals surface area contributed by atoms with E-state index in [4.69, 9.17) is 10.2 Å². The highest BCUT2D eigenvalue weighted by atomic mass is 32.1. The fourth-order valence-electron chi connectivity index (χ4n) is 2.28. The Morgan fingerprint density at radius 2 is 2.17 bits per heavy atom. The van der Waals surface area contributed by atoms with Crippen molar-refractivity contribution in [2.75, 3.05) is 6.54 Å². The summed E-state index contributed by atoms with van der Waals surface area (Å²) in [7, 11) is 0. The molecule has 6 heteroatoms. The molecule has 0 spiro atoms. The van der Waals surface area contributed by atoms with Crippen LogP contribution in [0.1, 0.15) is 38.9 Å². The summed E-state index contributed by atoms with van der Waals surface area (Å²) in [5, 5.41) is 21.0. The van der Waals surface area contributed by atoms with Crippen LogP contribution in [0.2, 0.25) is 0 Å². The number of hydrogen-bond donors (Lipinski definition) is 3. The number of rotatable bonds is 3. The summed E-state index contributed by atoms with van der Waals surface area (Å²) in [5.74, 6) is -1.62. The van der Waals surface area contributed by atoms with Crippen LogP contribution in [0.25, 0.3) is 0 Å². The molecule has 2 heterocycles. The molecule has 0 aromatic carbocycles. The summed E-state index contributed by atoms with van der Waals surface area (Å²) in [6.07, 6.45) is 1.37. The molecule has 2 rings (SSSR count). The number of aromatic carboxylic acids is 1. The Kier molecular flexibility index (Phi) is 3.68. The topological polar surface area (TPSA) is 86.6 Å². The molecule has 0 radical (unpaired) electrons. The van der Waals surface area contributed by atoms with Crippen molar-refractivity contribution in [2.45, 2.75) is 31.7 Å². The quantitative estimate of drug-likeness (QED) is 0.777. The molecule has 0 aliphatic carbocycles. The lowest BCUT2D eigenvalue weighted by Crippen LogP contribution is -2.42. The van der Waals surface area contributed by atoms with Gasteiger partial charge in [0.05, 0.1) is 5.56 Å². The molecular formula is C12H15NO4S. The molecule has 2 atom stereocenters. The zero-order chi connectivity index (χ0) is 13.3. The molecule has 0 saturated carbocycles. The average molecular weight is 269 g/mol. The normalized spacial score (nSPS) is 23.8. The second kappa shape index (κ2) is 5.07. The van der Waals surface area contributed by atoms with Gasteiger partial charge in [0, 0.05) is 9.75 Å². The predicted molar refractivity (Wildman–Crippen MR) is 67.4 cm³/mol. The van der Waals surface area contributed by atoms with Gasteiger partial charge in [-0.15, -0.1) is 11.3 Å². The van der Waals surface area contributed by atoms with Gasteiger partial charge in [0.15, 0.2) is 0 Å². The van der Waals surface area contributed by atoms with Crippen LogP contribution >= 0.6 is 11.3 Å². The van der Waals surface area contributed by atoms with Crippen molar-refractivity contribution >= 4 is 23.3 Å². The summed E-state index contributed by atoms with van der Waals surface area (Å²) in [4.78, 5) is 23.7. The number of carboxylic acid groups (broad SMARTS) is 2. The van der Waals surface area contributed by atoms with Gasteiger partial charge in [-0.05, 0) is 38.3 Å². The molecule has 1 aromatic rings. The van der Waals surface area contributed by atoms with Crippen LogP contribution in [0.4, 0.5) is 0 Å². The number of carbonyl (C=O) groups is 2. The van der Waals surface area contributed by atoms with Crippen molar-refractivity contribution < 1.29 is 19.8 Å². The molecule has 0 amide bonds. The summed E-state index contributed by atoms with van der Waals surface area (Å²) < 4.78 is 0. The van der Waals surface area contributed by atoms with Crippen molar-refractivity contribution in [2.24, 2.45) is 0 Å². The molecule has 1 saturated heterocycles. The lowest BCUT2D eigenvalue weighted by Gasteiger charge is -2.27. The maximum atomic E-state index is 11.0. The molecule has 1 fully saturated rings. The summed E-state index contributed by atoms with van der Waals surface area (Å²) in [6, 6.07) is 1.16. The van der Waals surface area contributed by atoms with Gasteiger partial charge in [-0.1, -0.05) is 0 Å².